The minimum atomic E-state index is 0.0528. The third-order valence-corrected chi connectivity index (χ3v) is 3.01. The van der Waals surface area contributed by atoms with E-state index in [1.807, 2.05) is 37.3 Å². The second-order valence-electron chi connectivity index (χ2n) is 4.11. The molecule has 1 atom stereocenters. The molecule has 3 heteroatoms. The minimum Gasteiger partial charge on any atom is -0.359 e. The molecule has 2 rings (SSSR count). The van der Waals surface area contributed by atoms with Gasteiger partial charge in [-0.25, -0.2) is 0 Å². The number of rotatable bonds is 3. The molecular weight excluding hydrogens is 234 g/mol. The Morgan fingerprint density at radius 1 is 1.47 bits per heavy atom. The Balaban J connectivity index is 2.16. The molecular formula is C14H14ClNO. The predicted octanol–water partition coefficient (Wildman–Crippen LogP) is 3.67. The van der Waals surface area contributed by atoms with Crippen molar-refractivity contribution in [2.45, 2.75) is 18.7 Å². The molecule has 0 bridgehead atoms. The van der Waals surface area contributed by atoms with E-state index in [9.17, 15) is 4.79 Å². The Morgan fingerprint density at radius 3 is 2.94 bits per heavy atom. The molecule has 1 N–H and O–H groups in total. The molecule has 1 aromatic carbocycles. The van der Waals surface area contributed by atoms with Crippen LogP contribution in [0.15, 0.2) is 42.1 Å². The number of allylic oxidation sites excluding steroid dienone is 4. The van der Waals surface area contributed by atoms with Crippen LogP contribution in [0.3, 0.4) is 0 Å². The number of carbonyl (C=O) groups excluding carboxylic acids is 1. The third-order valence-electron chi connectivity index (χ3n) is 2.71. The summed E-state index contributed by atoms with van der Waals surface area (Å²) in [5.74, 6) is 0. The lowest BCUT2D eigenvalue weighted by molar-refractivity contribution is 0.112. The van der Waals surface area contributed by atoms with Gasteiger partial charge in [-0.2, -0.15) is 0 Å². The van der Waals surface area contributed by atoms with E-state index in [0.29, 0.717) is 5.56 Å². The largest absolute Gasteiger partial charge is 0.359 e. The number of hydrogen-bond donors (Lipinski definition) is 1. The first-order valence-electron chi connectivity index (χ1n) is 5.53. The standard InChI is InChI=1S/C14H14ClNO/c1-10-7-11(9-17)5-6-14(10)16-13-4-2-3-12(15)8-13/h2-7,9,12,16H,8H2,1H3. The van der Waals surface area contributed by atoms with Crippen molar-refractivity contribution in [2.75, 3.05) is 5.32 Å². The second-order valence-corrected chi connectivity index (χ2v) is 4.67. The first-order chi connectivity index (χ1) is 8.19. The maximum atomic E-state index is 10.6. The van der Waals surface area contributed by atoms with Crippen molar-refractivity contribution < 1.29 is 4.79 Å². The molecule has 0 heterocycles. The van der Waals surface area contributed by atoms with Gasteiger partial charge in [0.2, 0.25) is 0 Å². The third kappa shape index (κ3) is 2.98. The summed E-state index contributed by atoms with van der Waals surface area (Å²) in [6.45, 7) is 1.98. The highest BCUT2D eigenvalue weighted by Gasteiger charge is 2.09. The van der Waals surface area contributed by atoms with Crippen LogP contribution in [0.5, 0.6) is 0 Å². The first-order valence-corrected chi connectivity index (χ1v) is 5.97. The number of aryl methyl sites for hydroxylation is 1. The fourth-order valence-electron chi connectivity index (χ4n) is 1.80. The van der Waals surface area contributed by atoms with E-state index in [-0.39, 0.29) is 5.38 Å². The smallest absolute Gasteiger partial charge is 0.150 e. The number of alkyl halides is 1. The number of hydrogen-bond acceptors (Lipinski definition) is 2. The first kappa shape index (κ1) is 11.9. The van der Waals surface area contributed by atoms with Gasteiger partial charge in [0.25, 0.3) is 0 Å². The molecule has 1 unspecified atom stereocenters. The van der Waals surface area contributed by atoms with Gasteiger partial charge in [-0.15, -0.1) is 11.6 Å². The molecule has 1 aliphatic carbocycles. The molecule has 0 radical (unpaired) electrons. The van der Waals surface area contributed by atoms with Crippen LogP contribution in [-0.4, -0.2) is 11.7 Å². The highest BCUT2D eigenvalue weighted by Crippen LogP contribution is 2.22. The summed E-state index contributed by atoms with van der Waals surface area (Å²) in [4.78, 5) is 10.6. The van der Waals surface area contributed by atoms with Gasteiger partial charge in [-0.05, 0) is 36.8 Å². The van der Waals surface area contributed by atoms with Crippen molar-refractivity contribution in [2.24, 2.45) is 0 Å². The molecule has 0 saturated heterocycles. The highest BCUT2D eigenvalue weighted by atomic mass is 35.5. The fourth-order valence-corrected chi connectivity index (χ4v) is 2.05. The summed E-state index contributed by atoms with van der Waals surface area (Å²) in [5.41, 5.74) is 3.85. The Labute approximate surface area is 106 Å². The summed E-state index contributed by atoms with van der Waals surface area (Å²) < 4.78 is 0. The van der Waals surface area contributed by atoms with E-state index in [2.05, 4.69) is 5.32 Å². The minimum absolute atomic E-state index is 0.0528. The van der Waals surface area contributed by atoms with E-state index >= 15 is 0 Å². The van der Waals surface area contributed by atoms with Crippen LogP contribution in [0.4, 0.5) is 5.69 Å². The Bertz CT molecular complexity index is 491. The van der Waals surface area contributed by atoms with Crippen molar-refractivity contribution in [1.82, 2.24) is 0 Å². The predicted molar refractivity (Wildman–Crippen MR) is 71.7 cm³/mol. The molecule has 0 aromatic heterocycles. The molecule has 0 spiro atoms. The van der Waals surface area contributed by atoms with Gasteiger partial charge in [0.05, 0.1) is 5.38 Å². The molecule has 88 valence electrons. The van der Waals surface area contributed by atoms with Gasteiger partial charge < -0.3 is 5.32 Å². The van der Waals surface area contributed by atoms with Crippen LogP contribution in [0.2, 0.25) is 0 Å². The van der Waals surface area contributed by atoms with E-state index in [4.69, 9.17) is 11.6 Å². The van der Waals surface area contributed by atoms with Gasteiger partial charge >= 0.3 is 0 Å². The lowest BCUT2D eigenvalue weighted by Gasteiger charge is -2.17. The van der Waals surface area contributed by atoms with Gasteiger partial charge in [-0.1, -0.05) is 12.2 Å². The maximum Gasteiger partial charge on any atom is 0.150 e. The zero-order valence-electron chi connectivity index (χ0n) is 9.61. The molecule has 2 nitrogen and oxygen atoms in total. The Hall–Kier alpha value is -1.54. The molecule has 0 fully saturated rings. The van der Waals surface area contributed by atoms with Crippen LogP contribution in [-0.2, 0) is 0 Å². The second kappa shape index (κ2) is 5.19. The maximum absolute atomic E-state index is 10.6. The topological polar surface area (TPSA) is 29.1 Å². The van der Waals surface area contributed by atoms with Crippen molar-refractivity contribution in [3.63, 3.8) is 0 Å². The van der Waals surface area contributed by atoms with Crippen LogP contribution < -0.4 is 5.32 Å². The molecule has 17 heavy (non-hydrogen) atoms. The molecule has 1 aliphatic rings. The molecule has 0 aliphatic heterocycles. The van der Waals surface area contributed by atoms with Crippen LogP contribution in [0, 0.1) is 6.92 Å². The van der Waals surface area contributed by atoms with Crippen molar-refractivity contribution >= 4 is 23.6 Å². The lowest BCUT2D eigenvalue weighted by Crippen LogP contribution is -2.08. The average Bonchev–Trinajstić information content (AvgIpc) is 2.32. The van der Waals surface area contributed by atoms with E-state index in [1.165, 1.54) is 0 Å². The van der Waals surface area contributed by atoms with Gasteiger partial charge in [0.1, 0.15) is 6.29 Å². The van der Waals surface area contributed by atoms with Crippen LogP contribution in [0.25, 0.3) is 0 Å². The monoisotopic (exact) mass is 247 g/mol. The van der Waals surface area contributed by atoms with Crippen LogP contribution >= 0.6 is 11.6 Å². The highest BCUT2D eigenvalue weighted by molar-refractivity contribution is 6.22. The number of nitrogens with one attached hydrogen (secondary N) is 1. The molecule has 0 saturated carbocycles. The van der Waals surface area contributed by atoms with Gasteiger partial charge in [-0.3, -0.25) is 4.79 Å². The van der Waals surface area contributed by atoms with E-state index in [1.54, 1.807) is 6.07 Å². The zero-order chi connectivity index (χ0) is 12.3. The number of benzene rings is 1. The number of aldehydes is 1. The van der Waals surface area contributed by atoms with Gasteiger partial charge in [0.15, 0.2) is 0 Å². The molecule has 1 aromatic rings. The zero-order valence-corrected chi connectivity index (χ0v) is 10.4. The summed E-state index contributed by atoms with van der Waals surface area (Å²) in [6.07, 6.45) is 7.60. The SMILES string of the molecule is Cc1cc(C=O)ccc1NC1=CC=CC(Cl)C1. The summed E-state index contributed by atoms with van der Waals surface area (Å²) >= 11 is 6.05. The normalized spacial score (nSPS) is 18.7. The van der Waals surface area contributed by atoms with Crippen molar-refractivity contribution in [3.05, 3.63) is 53.3 Å². The average molecular weight is 248 g/mol. The number of anilines is 1. The Morgan fingerprint density at radius 2 is 2.29 bits per heavy atom. The fraction of sp³-hybridized carbons (Fsp3) is 0.214. The van der Waals surface area contributed by atoms with E-state index in [0.717, 1.165) is 29.7 Å². The molecule has 0 amide bonds. The summed E-state index contributed by atoms with van der Waals surface area (Å²) in [5, 5.41) is 3.39. The lowest BCUT2D eigenvalue weighted by atomic mass is 10.1. The van der Waals surface area contributed by atoms with Crippen molar-refractivity contribution in [1.29, 1.82) is 0 Å². The van der Waals surface area contributed by atoms with Crippen molar-refractivity contribution in [3.8, 4) is 0 Å². The quantitative estimate of drug-likeness (QED) is 0.652. The summed E-state index contributed by atoms with van der Waals surface area (Å²) in [7, 11) is 0. The number of halogens is 1. The Kier molecular flexibility index (Phi) is 3.64. The summed E-state index contributed by atoms with van der Waals surface area (Å²) in [6, 6.07) is 5.59. The van der Waals surface area contributed by atoms with Crippen LogP contribution in [0.1, 0.15) is 22.3 Å². The van der Waals surface area contributed by atoms with Gasteiger partial charge in [0, 0.05) is 23.4 Å². The number of carbonyl (C=O) groups is 1. The van der Waals surface area contributed by atoms with E-state index < -0.39 is 0 Å².